The second kappa shape index (κ2) is 9.14. The minimum atomic E-state index is -0.629. The van der Waals surface area contributed by atoms with Crippen LogP contribution in [-0.4, -0.2) is 43.8 Å². The first kappa shape index (κ1) is 18.8. The molecule has 1 heterocycles. The zero-order valence-electron chi connectivity index (χ0n) is 14.2. The van der Waals surface area contributed by atoms with E-state index in [1.165, 1.54) is 11.8 Å². The molecule has 0 unspecified atom stereocenters. The van der Waals surface area contributed by atoms with Gasteiger partial charge in [-0.1, -0.05) is 53.7 Å². The molecule has 0 saturated heterocycles. The lowest BCUT2D eigenvalue weighted by Crippen LogP contribution is -2.19. The van der Waals surface area contributed by atoms with Crippen LogP contribution in [0.3, 0.4) is 0 Å². The molecule has 3 rings (SSSR count). The summed E-state index contributed by atoms with van der Waals surface area (Å²) in [5.74, 6) is 0.431. The molecular weight excluding hydrogens is 372 g/mol. The van der Waals surface area contributed by atoms with Gasteiger partial charge in [0.2, 0.25) is 5.16 Å². The van der Waals surface area contributed by atoms with Crippen molar-refractivity contribution in [2.24, 2.45) is 0 Å². The van der Waals surface area contributed by atoms with Crippen molar-refractivity contribution < 1.29 is 9.84 Å². The van der Waals surface area contributed by atoms with Gasteiger partial charge in [0.05, 0.1) is 24.5 Å². The number of aliphatic hydroxyl groups is 1. The Hall–Kier alpha value is -1.93. The van der Waals surface area contributed by atoms with Gasteiger partial charge in [0.15, 0.2) is 0 Å². The first-order chi connectivity index (χ1) is 12.6. The molecule has 26 heavy (non-hydrogen) atoms. The molecule has 0 fully saturated rings. The number of ether oxygens (including phenoxy) is 1. The molecule has 0 radical (unpaired) electrons. The van der Waals surface area contributed by atoms with Crippen LogP contribution in [0.5, 0.6) is 0 Å². The van der Waals surface area contributed by atoms with E-state index in [4.69, 9.17) is 16.3 Å². The van der Waals surface area contributed by atoms with Gasteiger partial charge in [-0.3, -0.25) is 0 Å². The largest absolute Gasteiger partial charge is 0.390 e. The summed E-state index contributed by atoms with van der Waals surface area (Å²) in [5.41, 5.74) is 1.89. The second-order valence-electron chi connectivity index (χ2n) is 5.70. The van der Waals surface area contributed by atoms with E-state index in [-0.39, 0.29) is 12.7 Å². The van der Waals surface area contributed by atoms with Crippen molar-refractivity contribution in [3.8, 4) is 5.69 Å². The third-order valence-corrected chi connectivity index (χ3v) is 5.04. The van der Waals surface area contributed by atoms with Gasteiger partial charge in [-0.2, -0.15) is 4.68 Å². The van der Waals surface area contributed by atoms with Crippen LogP contribution in [0.2, 0.25) is 5.02 Å². The maximum atomic E-state index is 10.2. The summed E-state index contributed by atoms with van der Waals surface area (Å²) in [7, 11) is 0. The van der Waals surface area contributed by atoms with Crippen molar-refractivity contribution >= 4 is 23.4 Å². The third-order valence-electron chi connectivity index (χ3n) is 3.72. The van der Waals surface area contributed by atoms with Crippen molar-refractivity contribution in [2.45, 2.75) is 24.3 Å². The molecule has 0 spiro atoms. The van der Waals surface area contributed by atoms with Gasteiger partial charge >= 0.3 is 0 Å². The topological polar surface area (TPSA) is 73.1 Å². The zero-order chi connectivity index (χ0) is 18.4. The van der Waals surface area contributed by atoms with Gasteiger partial charge in [0, 0.05) is 10.8 Å². The standard InChI is InChI=1S/C18H19ClN4O2S/c1-13(14-7-9-15(19)10-8-14)25-11-17(24)12-26-18-20-21-22-23(18)16-5-3-2-4-6-16/h2-10,13,17,24H,11-12H2,1H3/t13-,17-/m1/s1. The van der Waals surface area contributed by atoms with Crippen LogP contribution in [0.4, 0.5) is 0 Å². The summed E-state index contributed by atoms with van der Waals surface area (Å²) in [4.78, 5) is 0. The normalized spacial score (nSPS) is 13.5. The van der Waals surface area contributed by atoms with E-state index in [0.717, 1.165) is 11.3 Å². The molecule has 0 aliphatic heterocycles. The molecule has 1 aromatic heterocycles. The molecular formula is C18H19ClN4O2S. The van der Waals surface area contributed by atoms with Gasteiger partial charge in [0.1, 0.15) is 0 Å². The number of halogens is 1. The highest BCUT2D eigenvalue weighted by Crippen LogP contribution is 2.21. The number of hydrogen-bond acceptors (Lipinski definition) is 6. The summed E-state index contributed by atoms with van der Waals surface area (Å²) >= 11 is 7.27. The highest BCUT2D eigenvalue weighted by molar-refractivity contribution is 7.99. The fourth-order valence-corrected chi connectivity index (χ4v) is 3.23. The highest BCUT2D eigenvalue weighted by atomic mass is 35.5. The highest BCUT2D eigenvalue weighted by Gasteiger charge is 2.14. The fourth-order valence-electron chi connectivity index (χ4n) is 2.30. The average molecular weight is 391 g/mol. The summed E-state index contributed by atoms with van der Waals surface area (Å²) in [6, 6.07) is 17.1. The van der Waals surface area contributed by atoms with E-state index >= 15 is 0 Å². The summed E-state index contributed by atoms with van der Waals surface area (Å²) < 4.78 is 7.40. The van der Waals surface area contributed by atoms with Crippen molar-refractivity contribution in [3.63, 3.8) is 0 Å². The Morgan fingerprint density at radius 1 is 1.15 bits per heavy atom. The van der Waals surface area contributed by atoms with E-state index in [0.29, 0.717) is 15.9 Å². The van der Waals surface area contributed by atoms with Crippen molar-refractivity contribution in [2.75, 3.05) is 12.4 Å². The van der Waals surface area contributed by atoms with Crippen LogP contribution in [0, 0.1) is 0 Å². The summed E-state index contributed by atoms with van der Waals surface area (Å²) in [6.45, 7) is 2.17. The lowest BCUT2D eigenvalue weighted by molar-refractivity contribution is 0.00621. The Bertz CT molecular complexity index is 814. The lowest BCUT2D eigenvalue weighted by Gasteiger charge is -2.16. The monoisotopic (exact) mass is 390 g/mol. The van der Waals surface area contributed by atoms with E-state index in [1.807, 2.05) is 61.5 Å². The molecule has 0 bridgehead atoms. The molecule has 0 amide bonds. The van der Waals surface area contributed by atoms with Gasteiger partial charge in [0.25, 0.3) is 0 Å². The molecule has 2 aromatic carbocycles. The minimum Gasteiger partial charge on any atom is -0.390 e. The number of benzene rings is 2. The Kier molecular flexibility index (Phi) is 6.62. The van der Waals surface area contributed by atoms with Gasteiger partial charge in [-0.25, -0.2) is 0 Å². The smallest absolute Gasteiger partial charge is 0.214 e. The van der Waals surface area contributed by atoms with Crippen molar-refractivity contribution in [3.05, 3.63) is 65.2 Å². The van der Waals surface area contributed by atoms with Crippen LogP contribution in [-0.2, 0) is 4.74 Å². The fraction of sp³-hybridized carbons (Fsp3) is 0.278. The summed E-state index contributed by atoms with van der Waals surface area (Å²) in [6.07, 6.45) is -0.753. The van der Waals surface area contributed by atoms with Gasteiger partial charge in [-0.05, 0) is 47.2 Å². The third kappa shape index (κ3) is 5.04. The number of aromatic nitrogens is 4. The zero-order valence-corrected chi connectivity index (χ0v) is 15.8. The van der Waals surface area contributed by atoms with Crippen LogP contribution < -0.4 is 0 Å². The van der Waals surface area contributed by atoms with Crippen molar-refractivity contribution in [1.29, 1.82) is 0 Å². The molecule has 2 atom stereocenters. The molecule has 136 valence electrons. The van der Waals surface area contributed by atoms with E-state index < -0.39 is 6.10 Å². The number of nitrogens with zero attached hydrogens (tertiary/aromatic N) is 4. The Labute approximate surface area is 161 Å². The van der Waals surface area contributed by atoms with E-state index in [1.54, 1.807) is 4.68 Å². The number of tetrazole rings is 1. The first-order valence-corrected chi connectivity index (χ1v) is 9.51. The predicted molar refractivity (Wildman–Crippen MR) is 102 cm³/mol. The lowest BCUT2D eigenvalue weighted by atomic mass is 10.1. The summed E-state index contributed by atoms with van der Waals surface area (Å²) in [5, 5.41) is 23.2. The molecule has 3 aromatic rings. The Balaban J connectivity index is 1.50. The SMILES string of the molecule is C[C@@H](OC[C@@H](O)CSc1nnnn1-c1ccccc1)c1ccc(Cl)cc1. The maximum absolute atomic E-state index is 10.2. The van der Waals surface area contributed by atoms with Gasteiger partial charge < -0.3 is 9.84 Å². The van der Waals surface area contributed by atoms with E-state index in [9.17, 15) is 5.11 Å². The Morgan fingerprint density at radius 2 is 1.88 bits per heavy atom. The minimum absolute atomic E-state index is 0.124. The number of thioether (sulfide) groups is 1. The number of aliphatic hydroxyl groups excluding tert-OH is 1. The molecule has 1 N–H and O–H groups in total. The van der Waals surface area contributed by atoms with Crippen LogP contribution in [0.25, 0.3) is 5.69 Å². The van der Waals surface area contributed by atoms with Crippen LogP contribution in [0.1, 0.15) is 18.6 Å². The second-order valence-corrected chi connectivity index (χ2v) is 7.12. The molecule has 6 nitrogen and oxygen atoms in total. The predicted octanol–water partition coefficient (Wildman–Crippen LogP) is 3.55. The van der Waals surface area contributed by atoms with E-state index in [2.05, 4.69) is 15.5 Å². The molecule has 0 saturated carbocycles. The van der Waals surface area contributed by atoms with Crippen LogP contribution >= 0.6 is 23.4 Å². The molecule has 8 heteroatoms. The number of rotatable bonds is 8. The van der Waals surface area contributed by atoms with Gasteiger partial charge in [-0.15, -0.1) is 5.10 Å². The van der Waals surface area contributed by atoms with Crippen molar-refractivity contribution in [1.82, 2.24) is 20.2 Å². The number of hydrogen-bond donors (Lipinski definition) is 1. The Morgan fingerprint density at radius 3 is 2.62 bits per heavy atom. The van der Waals surface area contributed by atoms with Crippen LogP contribution in [0.15, 0.2) is 59.8 Å². The molecule has 0 aliphatic rings. The maximum Gasteiger partial charge on any atom is 0.214 e. The molecule has 0 aliphatic carbocycles. The quantitative estimate of drug-likeness (QED) is 0.593. The number of para-hydroxylation sites is 1. The average Bonchev–Trinajstić information content (AvgIpc) is 3.14. The first-order valence-electron chi connectivity index (χ1n) is 8.15.